The highest BCUT2D eigenvalue weighted by Gasteiger charge is 2.38. The molecule has 5 rings (SSSR count). The molecule has 2 unspecified atom stereocenters. The second kappa shape index (κ2) is 10.9. The Morgan fingerprint density at radius 1 is 0.941 bits per heavy atom. The highest BCUT2D eigenvalue weighted by molar-refractivity contribution is 7.09. The number of hydrogen-bond donors (Lipinski definition) is 0. The van der Waals surface area contributed by atoms with E-state index in [1.54, 1.807) is 0 Å². The van der Waals surface area contributed by atoms with Gasteiger partial charge in [0, 0.05) is 48.6 Å². The van der Waals surface area contributed by atoms with Crippen LogP contribution in [0.15, 0.2) is 72.1 Å². The number of rotatable bonds is 7. The smallest absolute Gasteiger partial charge is 0.254 e. The van der Waals surface area contributed by atoms with Crippen molar-refractivity contribution in [2.24, 2.45) is 5.92 Å². The summed E-state index contributed by atoms with van der Waals surface area (Å²) >= 11 is 1.84. The van der Waals surface area contributed by atoms with E-state index in [-0.39, 0.29) is 5.91 Å². The summed E-state index contributed by atoms with van der Waals surface area (Å²) in [5, 5.41) is 2.17. The third kappa shape index (κ3) is 5.29. The maximum Gasteiger partial charge on any atom is 0.254 e. The maximum atomic E-state index is 13.8. The number of aryl methyl sites for hydroxylation is 1. The van der Waals surface area contributed by atoms with Crippen LogP contribution in [-0.2, 0) is 6.54 Å². The number of amides is 1. The molecule has 4 heteroatoms. The Kier molecular flexibility index (Phi) is 7.46. The fourth-order valence-electron chi connectivity index (χ4n) is 6.04. The molecule has 1 saturated carbocycles. The van der Waals surface area contributed by atoms with Gasteiger partial charge in [0.15, 0.2) is 0 Å². The summed E-state index contributed by atoms with van der Waals surface area (Å²) in [5.41, 5.74) is 3.65. The number of carbonyl (C=O) groups is 1. The van der Waals surface area contributed by atoms with Crippen molar-refractivity contribution < 1.29 is 4.79 Å². The Balaban J connectivity index is 1.42. The van der Waals surface area contributed by atoms with Crippen molar-refractivity contribution in [1.82, 2.24) is 9.80 Å². The van der Waals surface area contributed by atoms with Crippen LogP contribution in [0.5, 0.6) is 0 Å². The van der Waals surface area contributed by atoms with Crippen molar-refractivity contribution in [3.05, 3.63) is 93.7 Å². The van der Waals surface area contributed by atoms with Gasteiger partial charge >= 0.3 is 0 Å². The van der Waals surface area contributed by atoms with E-state index in [1.807, 2.05) is 41.7 Å². The van der Waals surface area contributed by atoms with Crippen molar-refractivity contribution in [1.29, 1.82) is 0 Å². The molecule has 0 N–H and O–H groups in total. The summed E-state index contributed by atoms with van der Waals surface area (Å²) in [6.07, 6.45) is 6.05. The summed E-state index contributed by atoms with van der Waals surface area (Å²) in [5.74, 6) is 1.11. The van der Waals surface area contributed by atoms with Crippen LogP contribution in [0.25, 0.3) is 0 Å². The second-order valence-corrected chi connectivity index (χ2v) is 11.1. The van der Waals surface area contributed by atoms with Crippen LogP contribution in [0.1, 0.15) is 64.4 Å². The van der Waals surface area contributed by atoms with Crippen molar-refractivity contribution in [2.75, 3.05) is 19.6 Å². The Hall–Kier alpha value is -2.43. The molecule has 34 heavy (non-hydrogen) atoms. The third-order valence-corrected chi connectivity index (χ3v) is 8.65. The first kappa shape index (κ1) is 23.3. The van der Waals surface area contributed by atoms with Gasteiger partial charge in [-0.15, -0.1) is 11.3 Å². The maximum absolute atomic E-state index is 13.8. The van der Waals surface area contributed by atoms with Crippen LogP contribution in [-0.4, -0.2) is 41.4 Å². The van der Waals surface area contributed by atoms with Gasteiger partial charge in [0.05, 0.1) is 0 Å². The third-order valence-electron chi connectivity index (χ3n) is 7.79. The molecule has 2 aliphatic rings. The zero-order valence-electron chi connectivity index (χ0n) is 20.2. The first-order valence-corrected chi connectivity index (χ1v) is 13.7. The van der Waals surface area contributed by atoms with Crippen molar-refractivity contribution >= 4 is 17.2 Å². The monoisotopic (exact) mass is 472 g/mol. The van der Waals surface area contributed by atoms with Crippen LogP contribution < -0.4 is 0 Å². The number of benzene rings is 2. The van der Waals surface area contributed by atoms with Crippen LogP contribution in [0.3, 0.4) is 0 Å². The van der Waals surface area contributed by atoms with Gasteiger partial charge in [0.2, 0.25) is 0 Å². The number of likely N-dealkylation sites (tertiary alicyclic amines) is 1. The lowest BCUT2D eigenvalue weighted by atomic mass is 9.85. The Bertz CT molecular complexity index is 1060. The van der Waals surface area contributed by atoms with E-state index in [1.165, 1.54) is 35.3 Å². The number of hydrogen-bond acceptors (Lipinski definition) is 3. The zero-order valence-corrected chi connectivity index (χ0v) is 21.1. The molecule has 2 atom stereocenters. The molecule has 2 aromatic carbocycles. The summed E-state index contributed by atoms with van der Waals surface area (Å²) in [7, 11) is 0. The first-order chi connectivity index (χ1) is 16.7. The van der Waals surface area contributed by atoms with E-state index in [2.05, 4.69) is 58.5 Å². The van der Waals surface area contributed by atoms with Gasteiger partial charge in [-0.1, -0.05) is 67.8 Å². The second-order valence-electron chi connectivity index (χ2n) is 10.1. The molecule has 0 radical (unpaired) electrons. The molecular weight excluding hydrogens is 436 g/mol. The van der Waals surface area contributed by atoms with E-state index in [4.69, 9.17) is 0 Å². The van der Waals surface area contributed by atoms with E-state index in [0.717, 1.165) is 44.6 Å². The van der Waals surface area contributed by atoms with Crippen molar-refractivity contribution in [3.8, 4) is 0 Å². The van der Waals surface area contributed by atoms with Gasteiger partial charge < -0.3 is 4.90 Å². The molecule has 0 spiro atoms. The van der Waals surface area contributed by atoms with Crippen LogP contribution >= 0.6 is 11.3 Å². The lowest BCUT2D eigenvalue weighted by Gasteiger charge is -2.37. The Labute approximate surface area is 208 Å². The predicted octanol–water partition coefficient (Wildman–Crippen LogP) is 6.75. The Morgan fingerprint density at radius 2 is 1.71 bits per heavy atom. The van der Waals surface area contributed by atoms with Gasteiger partial charge in [-0.3, -0.25) is 9.69 Å². The minimum absolute atomic E-state index is 0.216. The molecule has 1 aromatic heterocycles. The van der Waals surface area contributed by atoms with E-state index in [9.17, 15) is 4.79 Å². The van der Waals surface area contributed by atoms with Gasteiger partial charge in [-0.25, -0.2) is 0 Å². The van der Waals surface area contributed by atoms with E-state index < -0.39 is 0 Å². The lowest BCUT2D eigenvalue weighted by Crippen LogP contribution is -2.45. The minimum Gasteiger partial charge on any atom is -0.335 e. The molecule has 1 amide bonds. The first-order valence-electron chi connectivity index (χ1n) is 12.9. The quantitative estimate of drug-likeness (QED) is 0.380. The molecule has 2 heterocycles. The topological polar surface area (TPSA) is 23.6 Å². The normalized spacial score (nSPS) is 21.6. The van der Waals surface area contributed by atoms with Gasteiger partial charge in [-0.2, -0.15) is 0 Å². The van der Waals surface area contributed by atoms with Crippen molar-refractivity contribution in [3.63, 3.8) is 0 Å². The highest BCUT2D eigenvalue weighted by Crippen LogP contribution is 2.37. The molecule has 1 aliphatic carbocycles. The van der Waals surface area contributed by atoms with Gasteiger partial charge in [0.1, 0.15) is 0 Å². The summed E-state index contributed by atoms with van der Waals surface area (Å²) in [4.78, 5) is 20.1. The van der Waals surface area contributed by atoms with Crippen LogP contribution in [0.4, 0.5) is 0 Å². The number of nitrogens with zero attached hydrogens (tertiary/aromatic N) is 2. The lowest BCUT2D eigenvalue weighted by molar-refractivity contribution is 0.0588. The molecule has 3 aromatic rings. The average Bonchev–Trinajstić information content (AvgIpc) is 3.53. The summed E-state index contributed by atoms with van der Waals surface area (Å²) in [6, 6.07) is 23.6. The standard InChI is InChI=1S/C30H36N2OS/c1-23-11-8-9-17-28(23)29-22-31(21-27-16-10-18-34-27)19-25(29)20-32(26-14-6-3-7-15-26)30(33)24-12-4-2-5-13-24/h2,4-5,8-13,16-18,25-26,29H,3,6-7,14-15,19-22H2,1H3. The minimum atomic E-state index is 0.216. The molecule has 0 bridgehead atoms. The zero-order chi connectivity index (χ0) is 23.3. The molecule has 3 nitrogen and oxygen atoms in total. The van der Waals surface area contributed by atoms with Gasteiger partial charge in [-0.05, 0) is 60.4 Å². The van der Waals surface area contributed by atoms with Crippen LogP contribution in [0.2, 0.25) is 0 Å². The highest BCUT2D eigenvalue weighted by atomic mass is 32.1. The van der Waals surface area contributed by atoms with Gasteiger partial charge in [0.25, 0.3) is 5.91 Å². The molecular formula is C30H36N2OS. The number of thiophene rings is 1. The average molecular weight is 473 g/mol. The fourth-order valence-corrected chi connectivity index (χ4v) is 6.79. The SMILES string of the molecule is Cc1ccccc1C1CN(Cc2cccs2)CC1CN(C(=O)c1ccccc1)C1CCCCC1. The summed E-state index contributed by atoms with van der Waals surface area (Å²) in [6.45, 7) is 6.20. The summed E-state index contributed by atoms with van der Waals surface area (Å²) < 4.78 is 0. The predicted molar refractivity (Wildman–Crippen MR) is 141 cm³/mol. The number of carbonyl (C=O) groups excluding carboxylic acids is 1. The van der Waals surface area contributed by atoms with E-state index >= 15 is 0 Å². The molecule has 178 valence electrons. The molecule has 2 fully saturated rings. The van der Waals surface area contributed by atoms with Crippen molar-refractivity contribution in [2.45, 2.75) is 57.5 Å². The van der Waals surface area contributed by atoms with E-state index in [0.29, 0.717) is 17.9 Å². The van der Waals surface area contributed by atoms with Crippen LogP contribution in [0, 0.1) is 12.8 Å². The largest absolute Gasteiger partial charge is 0.335 e. The fraction of sp³-hybridized carbons (Fsp3) is 0.433. The Morgan fingerprint density at radius 3 is 2.44 bits per heavy atom. The molecule has 1 saturated heterocycles. The molecule has 1 aliphatic heterocycles.